The number of aliphatic hydroxyl groups is 1. The van der Waals surface area contributed by atoms with Crippen LogP contribution in [0, 0.1) is 0 Å². The standard InChI is InChI=1S/C24H19N5O9S/c1-13(30)21(22(31)25-18-3-2-4-20(12-18)39(36,37)38)29-27-17-7-5-16(6-8-17)26-28-19-10-14(23(32)33)9-15(11-19)24(34)35/h2-12,30H,1H3,(H,25,31)(H,32,33)(H,34,35)(H,36,37,38)/b21-13-,28-26?,29-27?. The van der Waals surface area contributed by atoms with E-state index in [2.05, 4.69) is 25.8 Å². The number of carboxylic acids is 2. The van der Waals surface area contributed by atoms with Crippen molar-refractivity contribution in [3.05, 3.63) is 89.3 Å². The Morgan fingerprint density at radius 2 is 1.28 bits per heavy atom. The van der Waals surface area contributed by atoms with Gasteiger partial charge in [0, 0.05) is 5.69 Å². The molecule has 0 saturated carbocycles. The number of amides is 1. The summed E-state index contributed by atoms with van der Waals surface area (Å²) in [7, 11) is -4.49. The van der Waals surface area contributed by atoms with Gasteiger partial charge in [0.05, 0.1) is 33.1 Å². The SMILES string of the molecule is C/C(O)=C(/N=Nc1ccc(N=Nc2cc(C(=O)O)cc(C(=O)O)c2)cc1)C(=O)Nc1cccc(S(=O)(=O)O)c1. The van der Waals surface area contributed by atoms with Gasteiger partial charge in [0.15, 0.2) is 5.70 Å². The summed E-state index contributed by atoms with van der Waals surface area (Å²) in [6.45, 7) is 1.20. The third-order valence-electron chi connectivity index (χ3n) is 4.76. The average Bonchev–Trinajstić information content (AvgIpc) is 2.87. The van der Waals surface area contributed by atoms with Crippen LogP contribution in [0.1, 0.15) is 27.6 Å². The quantitative estimate of drug-likeness (QED) is 0.101. The molecule has 3 aromatic rings. The molecule has 0 saturated heterocycles. The van der Waals surface area contributed by atoms with Crippen molar-refractivity contribution in [2.24, 2.45) is 20.5 Å². The number of hydrogen-bond donors (Lipinski definition) is 5. The molecular formula is C24H19N5O9S. The molecule has 0 aliphatic heterocycles. The van der Waals surface area contributed by atoms with Gasteiger partial charge in [0.1, 0.15) is 5.76 Å². The van der Waals surface area contributed by atoms with Gasteiger partial charge in [-0.25, -0.2) is 9.59 Å². The Kier molecular flexibility index (Phi) is 8.59. The van der Waals surface area contributed by atoms with E-state index < -0.39 is 44.3 Å². The molecule has 0 aromatic heterocycles. The fourth-order valence-corrected chi connectivity index (χ4v) is 3.46. The van der Waals surface area contributed by atoms with E-state index in [0.29, 0.717) is 5.69 Å². The summed E-state index contributed by atoms with van der Waals surface area (Å²) in [5.74, 6) is -4.02. The van der Waals surface area contributed by atoms with Crippen molar-refractivity contribution in [1.29, 1.82) is 0 Å². The first-order chi connectivity index (χ1) is 18.3. The first kappa shape index (κ1) is 28.3. The monoisotopic (exact) mass is 553 g/mol. The Hall–Kier alpha value is -5.28. The van der Waals surface area contributed by atoms with Crippen molar-refractivity contribution in [3.8, 4) is 0 Å². The lowest BCUT2D eigenvalue weighted by atomic mass is 10.1. The number of benzene rings is 3. The zero-order valence-corrected chi connectivity index (χ0v) is 20.7. The summed E-state index contributed by atoms with van der Waals surface area (Å²) in [5, 5.41) is 45.9. The molecular weight excluding hydrogens is 534 g/mol. The molecule has 0 heterocycles. The van der Waals surface area contributed by atoms with Crippen LogP contribution in [-0.2, 0) is 14.9 Å². The predicted octanol–water partition coefficient (Wildman–Crippen LogP) is 5.26. The summed E-state index contributed by atoms with van der Waals surface area (Å²) in [6, 6.07) is 14.0. The lowest BCUT2D eigenvalue weighted by molar-refractivity contribution is -0.113. The van der Waals surface area contributed by atoms with Crippen LogP contribution < -0.4 is 5.32 Å². The van der Waals surface area contributed by atoms with Crippen molar-refractivity contribution in [2.75, 3.05) is 5.32 Å². The van der Waals surface area contributed by atoms with Gasteiger partial charge in [-0.3, -0.25) is 9.35 Å². The predicted molar refractivity (Wildman–Crippen MR) is 136 cm³/mol. The molecule has 5 N–H and O–H groups in total. The molecule has 0 atom stereocenters. The minimum atomic E-state index is -4.49. The average molecular weight is 554 g/mol. The van der Waals surface area contributed by atoms with Gasteiger partial charge in [-0.1, -0.05) is 6.07 Å². The van der Waals surface area contributed by atoms with E-state index in [0.717, 1.165) is 30.3 Å². The summed E-state index contributed by atoms with van der Waals surface area (Å²) < 4.78 is 31.7. The number of anilines is 1. The van der Waals surface area contributed by atoms with Crippen LogP contribution in [0.25, 0.3) is 0 Å². The first-order valence-electron chi connectivity index (χ1n) is 10.7. The summed E-state index contributed by atoms with van der Waals surface area (Å²) in [5.41, 5.74) is -0.424. The molecule has 1 amide bonds. The van der Waals surface area contributed by atoms with Gasteiger partial charge in [0.25, 0.3) is 16.0 Å². The van der Waals surface area contributed by atoms with Gasteiger partial charge in [-0.2, -0.15) is 23.8 Å². The number of aromatic carboxylic acids is 2. The molecule has 14 nitrogen and oxygen atoms in total. The number of carbonyl (C=O) groups excluding carboxylic acids is 1. The number of carbonyl (C=O) groups is 3. The summed E-state index contributed by atoms with van der Waals surface area (Å²) in [6.07, 6.45) is 0. The highest BCUT2D eigenvalue weighted by molar-refractivity contribution is 7.85. The molecule has 3 rings (SSSR count). The van der Waals surface area contributed by atoms with Crippen molar-refractivity contribution < 1.29 is 42.7 Å². The molecule has 200 valence electrons. The molecule has 15 heteroatoms. The molecule has 0 unspecified atom stereocenters. The number of rotatable bonds is 9. The maximum atomic E-state index is 12.5. The number of hydrogen-bond acceptors (Lipinski definition) is 10. The van der Waals surface area contributed by atoms with E-state index in [9.17, 15) is 27.9 Å². The van der Waals surface area contributed by atoms with Gasteiger partial charge in [-0.15, -0.1) is 5.11 Å². The highest BCUT2D eigenvalue weighted by Crippen LogP contribution is 2.25. The Labute approximate surface area is 220 Å². The smallest absolute Gasteiger partial charge is 0.335 e. The van der Waals surface area contributed by atoms with Crippen LogP contribution in [0.2, 0.25) is 0 Å². The number of nitrogens with one attached hydrogen (secondary N) is 1. The van der Waals surface area contributed by atoms with Crippen LogP contribution in [0.5, 0.6) is 0 Å². The second kappa shape index (κ2) is 11.8. The van der Waals surface area contributed by atoms with Gasteiger partial charge >= 0.3 is 11.9 Å². The number of azo groups is 2. The molecule has 0 fully saturated rings. The second-order valence-electron chi connectivity index (χ2n) is 7.69. The van der Waals surface area contributed by atoms with Crippen LogP contribution >= 0.6 is 0 Å². The molecule has 0 spiro atoms. The second-order valence-corrected chi connectivity index (χ2v) is 9.11. The van der Waals surface area contributed by atoms with Crippen molar-refractivity contribution in [2.45, 2.75) is 11.8 Å². The van der Waals surface area contributed by atoms with Crippen molar-refractivity contribution in [3.63, 3.8) is 0 Å². The maximum Gasteiger partial charge on any atom is 0.335 e. The van der Waals surface area contributed by atoms with Crippen LogP contribution in [0.4, 0.5) is 22.7 Å². The minimum absolute atomic E-state index is 0.0115. The Bertz CT molecular complexity index is 1610. The van der Waals surface area contributed by atoms with Crippen LogP contribution in [0.15, 0.2) is 104 Å². The Morgan fingerprint density at radius 3 is 1.79 bits per heavy atom. The lowest BCUT2D eigenvalue weighted by Crippen LogP contribution is -2.15. The fourth-order valence-electron chi connectivity index (χ4n) is 2.93. The fraction of sp³-hybridized carbons (Fsp3) is 0.0417. The molecule has 3 aromatic carbocycles. The zero-order valence-electron chi connectivity index (χ0n) is 19.9. The van der Waals surface area contributed by atoms with Crippen LogP contribution in [0.3, 0.4) is 0 Å². The van der Waals surface area contributed by atoms with E-state index in [-0.39, 0.29) is 28.2 Å². The van der Waals surface area contributed by atoms with Crippen molar-refractivity contribution in [1.82, 2.24) is 0 Å². The largest absolute Gasteiger partial charge is 0.510 e. The Balaban J connectivity index is 1.74. The van der Waals surface area contributed by atoms with E-state index >= 15 is 0 Å². The first-order valence-corrected chi connectivity index (χ1v) is 12.1. The van der Waals surface area contributed by atoms with E-state index in [1.54, 1.807) is 0 Å². The maximum absolute atomic E-state index is 12.5. The highest BCUT2D eigenvalue weighted by atomic mass is 32.2. The number of aliphatic hydroxyl groups excluding tert-OH is 1. The van der Waals surface area contributed by atoms with E-state index in [1.807, 2.05) is 0 Å². The molecule has 0 radical (unpaired) electrons. The molecule has 0 aliphatic rings. The van der Waals surface area contributed by atoms with Gasteiger partial charge in [0.2, 0.25) is 0 Å². The minimum Gasteiger partial charge on any atom is -0.510 e. The lowest BCUT2D eigenvalue weighted by Gasteiger charge is -2.07. The molecule has 0 aliphatic carbocycles. The Morgan fingerprint density at radius 1 is 0.744 bits per heavy atom. The summed E-state index contributed by atoms with van der Waals surface area (Å²) in [4.78, 5) is 34.5. The number of nitrogens with zero attached hydrogens (tertiary/aromatic N) is 4. The molecule has 0 bridgehead atoms. The normalized spacial score (nSPS) is 12.4. The molecule has 39 heavy (non-hydrogen) atoms. The number of allylic oxidation sites excluding steroid dienone is 1. The van der Waals surface area contributed by atoms with Crippen molar-refractivity contribution >= 4 is 50.7 Å². The van der Waals surface area contributed by atoms with Gasteiger partial charge in [-0.05, 0) is 67.6 Å². The topological polar surface area (TPSA) is 228 Å². The highest BCUT2D eigenvalue weighted by Gasteiger charge is 2.16. The van der Waals surface area contributed by atoms with E-state index in [4.69, 9.17) is 14.8 Å². The zero-order chi connectivity index (χ0) is 28.7. The third kappa shape index (κ3) is 7.85. The number of carboxylic acid groups (broad SMARTS) is 2. The van der Waals surface area contributed by atoms with E-state index in [1.165, 1.54) is 43.3 Å². The summed E-state index contributed by atoms with van der Waals surface area (Å²) >= 11 is 0. The van der Waals surface area contributed by atoms with Crippen LogP contribution in [-0.4, -0.2) is 46.1 Å². The van der Waals surface area contributed by atoms with Gasteiger partial charge < -0.3 is 20.6 Å². The third-order valence-corrected chi connectivity index (χ3v) is 5.60.